The predicted octanol–water partition coefficient (Wildman–Crippen LogP) is 5.35. The molecule has 4 nitrogen and oxygen atoms in total. The summed E-state index contributed by atoms with van der Waals surface area (Å²) in [5.41, 5.74) is 1.56. The van der Waals surface area contributed by atoms with Gasteiger partial charge in [-0.05, 0) is 36.8 Å². The Morgan fingerprint density at radius 1 is 1.00 bits per heavy atom. The van der Waals surface area contributed by atoms with Crippen LogP contribution in [-0.4, -0.2) is 26.5 Å². The van der Waals surface area contributed by atoms with E-state index < -0.39 is 0 Å². The molecule has 0 aromatic heterocycles. The Balaban J connectivity index is 0.00000312. The molecule has 0 N–H and O–H groups in total. The van der Waals surface area contributed by atoms with Crippen LogP contribution in [0.1, 0.15) is 37.0 Å². The number of ether oxygens (including phenoxy) is 2. The third kappa shape index (κ3) is 5.40. The van der Waals surface area contributed by atoms with Crippen molar-refractivity contribution in [3.05, 3.63) is 48.0 Å². The molecule has 0 fully saturated rings. The van der Waals surface area contributed by atoms with E-state index in [9.17, 15) is 4.79 Å². The summed E-state index contributed by atoms with van der Waals surface area (Å²) in [6.07, 6.45) is 1.42. The summed E-state index contributed by atoms with van der Waals surface area (Å²) in [6, 6.07) is 13.1. The maximum atomic E-state index is 12.0. The van der Waals surface area contributed by atoms with Crippen LogP contribution in [0, 0.1) is 0 Å². The Hall–Kier alpha value is -2.20. The molecular formula is C20H26ClNO3. The van der Waals surface area contributed by atoms with Gasteiger partial charge in [0, 0.05) is 26.1 Å². The molecule has 0 unspecified atom stereocenters. The van der Waals surface area contributed by atoms with Gasteiger partial charge in [0.2, 0.25) is 0 Å². The molecule has 0 aliphatic heterocycles. The van der Waals surface area contributed by atoms with Crippen LogP contribution in [0.25, 0.3) is 0 Å². The number of anilines is 1. The van der Waals surface area contributed by atoms with Crippen molar-refractivity contribution in [2.75, 3.05) is 25.6 Å². The molecule has 2 aromatic carbocycles. The number of nitrogens with zero attached hydrogens (tertiary/aromatic N) is 1. The van der Waals surface area contributed by atoms with Crippen molar-refractivity contribution >= 4 is 23.9 Å². The Labute approximate surface area is 156 Å². The van der Waals surface area contributed by atoms with E-state index in [2.05, 4.69) is 6.92 Å². The van der Waals surface area contributed by atoms with Crippen LogP contribution in [0.3, 0.4) is 0 Å². The number of rotatable bonds is 8. The van der Waals surface area contributed by atoms with Gasteiger partial charge in [0.1, 0.15) is 0 Å². The van der Waals surface area contributed by atoms with E-state index in [1.807, 2.05) is 68.4 Å². The van der Waals surface area contributed by atoms with Crippen molar-refractivity contribution in [1.29, 1.82) is 0 Å². The minimum atomic E-state index is 0. The molecule has 0 bridgehead atoms. The van der Waals surface area contributed by atoms with Crippen LogP contribution in [0.4, 0.5) is 5.69 Å². The molecule has 0 heterocycles. The van der Waals surface area contributed by atoms with Crippen molar-refractivity contribution in [2.45, 2.75) is 26.7 Å². The van der Waals surface area contributed by atoms with E-state index in [1.165, 1.54) is 0 Å². The summed E-state index contributed by atoms with van der Waals surface area (Å²) in [7, 11) is 3.86. The van der Waals surface area contributed by atoms with Crippen molar-refractivity contribution in [1.82, 2.24) is 0 Å². The van der Waals surface area contributed by atoms with Gasteiger partial charge in [0.15, 0.2) is 23.0 Å². The van der Waals surface area contributed by atoms with Gasteiger partial charge in [-0.3, -0.25) is 4.79 Å². The molecule has 0 spiro atoms. The number of hydrogen-bond donors (Lipinski definition) is 0. The SMILES string of the molecule is CCCOc1ccccc1Oc1ccc(C(=O)CC)cc1N(C)C.Cl. The molecule has 25 heavy (non-hydrogen) atoms. The van der Waals surface area contributed by atoms with Gasteiger partial charge in [-0.25, -0.2) is 0 Å². The standard InChI is InChI=1S/C20H25NO3.ClH/c1-5-13-23-19-9-7-8-10-20(19)24-18-12-11-15(17(22)6-2)14-16(18)21(3)4;/h7-12,14H,5-6,13H2,1-4H3;1H. The molecule has 0 aliphatic carbocycles. The molecule has 0 radical (unpaired) electrons. The van der Waals surface area contributed by atoms with E-state index in [0.717, 1.165) is 17.9 Å². The van der Waals surface area contributed by atoms with Crippen LogP contribution in [0.15, 0.2) is 42.5 Å². The third-order valence-corrected chi connectivity index (χ3v) is 3.61. The average molecular weight is 364 g/mol. The van der Waals surface area contributed by atoms with E-state index in [4.69, 9.17) is 9.47 Å². The van der Waals surface area contributed by atoms with Crippen molar-refractivity contribution < 1.29 is 14.3 Å². The fraction of sp³-hybridized carbons (Fsp3) is 0.350. The zero-order valence-corrected chi connectivity index (χ0v) is 16.1. The summed E-state index contributed by atoms with van der Waals surface area (Å²) in [5.74, 6) is 2.21. The molecule has 0 saturated carbocycles. The first kappa shape index (κ1) is 20.8. The van der Waals surface area contributed by atoms with Gasteiger partial charge in [-0.1, -0.05) is 26.0 Å². The van der Waals surface area contributed by atoms with Crippen LogP contribution < -0.4 is 14.4 Å². The molecule has 136 valence electrons. The lowest BCUT2D eigenvalue weighted by atomic mass is 10.1. The highest BCUT2D eigenvalue weighted by molar-refractivity contribution is 5.97. The molecule has 2 rings (SSSR count). The fourth-order valence-electron chi connectivity index (χ4n) is 2.31. The largest absolute Gasteiger partial charge is 0.490 e. The van der Waals surface area contributed by atoms with Gasteiger partial charge in [-0.15, -0.1) is 12.4 Å². The van der Waals surface area contributed by atoms with Crippen molar-refractivity contribution in [3.63, 3.8) is 0 Å². The number of carbonyl (C=O) groups excluding carboxylic acids is 1. The lowest BCUT2D eigenvalue weighted by molar-refractivity contribution is 0.0988. The first-order valence-corrected chi connectivity index (χ1v) is 8.31. The Kier molecular flexibility index (Phi) is 8.29. The normalized spacial score (nSPS) is 9.92. The number of benzene rings is 2. The van der Waals surface area contributed by atoms with Crippen LogP contribution in [-0.2, 0) is 0 Å². The van der Waals surface area contributed by atoms with Gasteiger partial charge >= 0.3 is 0 Å². The van der Waals surface area contributed by atoms with Crippen molar-refractivity contribution in [2.24, 2.45) is 0 Å². The smallest absolute Gasteiger partial charge is 0.169 e. The Bertz CT molecular complexity index is 701. The zero-order valence-electron chi connectivity index (χ0n) is 15.2. The lowest BCUT2D eigenvalue weighted by Crippen LogP contribution is -2.11. The number of halogens is 1. The van der Waals surface area contributed by atoms with Crippen LogP contribution in [0.5, 0.6) is 17.2 Å². The van der Waals surface area contributed by atoms with E-state index in [-0.39, 0.29) is 18.2 Å². The summed E-state index contributed by atoms with van der Waals surface area (Å²) in [5, 5.41) is 0. The lowest BCUT2D eigenvalue weighted by Gasteiger charge is -2.19. The first-order chi connectivity index (χ1) is 11.6. The minimum Gasteiger partial charge on any atom is -0.490 e. The molecular weight excluding hydrogens is 338 g/mol. The molecule has 0 atom stereocenters. The first-order valence-electron chi connectivity index (χ1n) is 8.31. The Morgan fingerprint density at radius 2 is 1.68 bits per heavy atom. The second kappa shape index (κ2) is 9.94. The average Bonchev–Trinajstić information content (AvgIpc) is 2.60. The summed E-state index contributed by atoms with van der Waals surface area (Å²) >= 11 is 0. The number of hydrogen-bond acceptors (Lipinski definition) is 4. The van der Waals surface area contributed by atoms with E-state index >= 15 is 0 Å². The van der Waals surface area contributed by atoms with E-state index in [0.29, 0.717) is 30.1 Å². The quantitative estimate of drug-likeness (QED) is 0.593. The number of ketones is 1. The van der Waals surface area contributed by atoms with Gasteiger partial charge < -0.3 is 14.4 Å². The molecule has 0 aliphatic rings. The number of Topliss-reactive ketones (excluding diaryl/α,β-unsaturated/α-hetero) is 1. The van der Waals surface area contributed by atoms with Crippen molar-refractivity contribution in [3.8, 4) is 17.2 Å². The fourth-order valence-corrected chi connectivity index (χ4v) is 2.31. The Morgan fingerprint density at radius 3 is 2.28 bits per heavy atom. The van der Waals surface area contributed by atoms with E-state index in [1.54, 1.807) is 0 Å². The molecule has 0 amide bonds. The third-order valence-electron chi connectivity index (χ3n) is 3.61. The highest BCUT2D eigenvalue weighted by Gasteiger charge is 2.13. The second-order valence-corrected chi connectivity index (χ2v) is 5.75. The van der Waals surface area contributed by atoms with Gasteiger partial charge in [0.25, 0.3) is 0 Å². The maximum Gasteiger partial charge on any atom is 0.169 e. The maximum absolute atomic E-state index is 12.0. The number of para-hydroxylation sites is 2. The van der Waals surface area contributed by atoms with Gasteiger partial charge in [-0.2, -0.15) is 0 Å². The zero-order chi connectivity index (χ0) is 17.5. The molecule has 5 heteroatoms. The topological polar surface area (TPSA) is 38.8 Å². The molecule has 0 saturated heterocycles. The highest BCUT2D eigenvalue weighted by atomic mass is 35.5. The second-order valence-electron chi connectivity index (χ2n) is 5.75. The molecule has 2 aromatic rings. The summed E-state index contributed by atoms with van der Waals surface area (Å²) in [6.45, 7) is 4.57. The monoisotopic (exact) mass is 363 g/mol. The predicted molar refractivity (Wildman–Crippen MR) is 105 cm³/mol. The van der Waals surface area contributed by atoms with Gasteiger partial charge in [0.05, 0.1) is 12.3 Å². The van der Waals surface area contributed by atoms with Crippen LogP contribution in [0.2, 0.25) is 0 Å². The minimum absolute atomic E-state index is 0. The number of carbonyl (C=O) groups is 1. The van der Waals surface area contributed by atoms with Crippen LogP contribution >= 0.6 is 12.4 Å². The summed E-state index contributed by atoms with van der Waals surface area (Å²) in [4.78, 5) is 13.9. The highest BCUT2D eigenvalue weighted by Crippen LogP contribution is 2.36. The summed E-state index contributed by atoms with van der Waals surface area (Å²) < 4.78 is 11.8.